The van der Waals surface area contributed by atoms with Gasteiger partial charge in [0.15, 0.2) is 5.78 Å². The highest BCUT2D eigenvalue weighted by molar-refractivity contribution is 6.02. The van der Waals surface area contributed by atoms with Crippen molar-refractivity contribution in [1.82, 2.24) is 9.88 Å². The average molecular weight is 324 g/mol. The van der Waals surface area contributed by atoms with Gasteiger partial charge in [0.1, 0.15) is 5.69 Å². The molecule has 1 aliphatic heterocycles. The first-order valence-corrected chi connectivity index (χ1v) is 8.45. The lowest BCUT2D eigenvalue weighted by molar-refractivity contribution is 0.0784. The molecule has 1 N–H and O–H groups in total. The highest BCUT2D eigenvalue weighted by Gasteiger charge is 2.31. The van der Waals surface area contributed by atoms with Gasteiger partial charge in [0.05, 0.1) is 0 Å². The van der Waals surface area contributed by atoms with Gasteiger partial charge in [0.2, 0.25) is 0 Å². The molecule has 1 atom stereocenters. The van der Waals surface area contributed by atoms with Crippen molar-refractivity contribution in [2.45, 2.75) is 40.0 Å². The van der Waals surface area contributed by atoms with E-state index in [-0.39, 0.29) is 11.7 Å². The Morgan fingerprint density at radius 2 is 1.88 bits per heavy atom. The summed E-state index contributed by atoms with van der Waals surface area (Å²) in [5, 5.41) is 0. The highest BCUT2D eigenvalue weighted by Crippen LogP contribution is 2.31. The summed E-state index contributed by atoms with van der Waals surface area (Å²) in [6.45, 7) is 8.85. The number of H-pyrrole nitrogens is 1. The number of hydrogen-bond acceptors (Lipinski definition) is 2. The van der Waals surface area contributed by atoms with Crippen molar-refractivity contribution >= 4 is 11.7 Å². The van der Waals surface area contributed by atoms with Crippen LogP contribution in [0.25, 0.3) is 0 Å². The zero-order chi connectivity index (χ0) is 17.4. The van der Waals surface area contributed by atoms with Gasteiger partial charge in [-0.3, -0.25) is 9.59 Å². The molecule has 4 heteroatoms. The normalized spacial score (nSPS) is 17.3. The summed E-state index contributed by atoms with van der Waals surface area (Å²) in [6, 6.07) is 8.39. The molecule has 0 radical (unpaired) electrons. The molecule has 0 bridgehead atoms. The molecular formula is C20H24N2O2. The Kier molecular flexibility index (Phi) is 4.31. The van der Waals surface area contributed by atoms with Crippen LogP contribution in [0.5, 0.6) is 0 Å². The molecule has 4 nitrogen and oxygen atoms in total. The van der Waals surface area contributed by atoms with Gasteiger partial charge in [-0.2, -0.15) is 0 Å². The van der Waals surface area contributed by atoms with Crippen LogP contribution in [0.3, 0.4) is 0 Å². The Morgan fingerprint density at radius 1 is 1.17 bits per heavy atom. The minimum atomic E-state index is -0.000755. The monoisotopic (exact) mass is 324 g/mol. The SMILES string of the molecule is CC(=O)c1c(C)[nH]c(C(=O)N2CCC(c3ccccc3C)C2)c1C. The van der Waals surface area contributed by atoms with Crippen LogP contribution in [0.1, 0.15) is 62.5 Å². The molecule has 0 aliphatic carbocycles. The van der Waals surface area contributed by atoms with E-state index in [1.54, 1.807) is 6.92 Å². The Bertz CT molecular complexity index is 804. The summed E-state index contributed by atoms with van der Waals surface area (Å²) in [5.74, 6) is 0.387. The average Bonchev–Trinajstić information content (AvgIpc) is 3.12. The first-order chi connectivity index (χ1) is 11.4. The molecule has 1 amide bonds. The topological polar surface area (TPSA) is 53.2 Å². The second-order valence-corrected chi connectivity index (χ2v) is 6.77. The number of nitrogens with zero attached hydrogens (tertiary/aromatic N) is 1. The second-order valence-electron chi connectivity index (χ2n) is 6.77. The molecule has 3 rings (SSSR count). The number of aromatic nitrogens is 1. The molecule has 1 aliphatic rings. The van der Waals surface area contributed by atoms with E-state index in [1.165, 1.54) is 11.1 Å². The molecule has 1 aromatic carbocycles. The van der Waals surface area contributed by atoms with Crippen molar-refractivity contribution in [1.29, 1.82) is 0 Å². The molecule has 1 aromatic heterocycles. The molecule has 0 spiro atoms. The third-order valence-electron chi connectivity index (χ3n) is 5.11. The van der Waals surface area contributed by atoms with Gasteiger partial charge in [0, 0.05) is 30.3 Å². The minimum Gasteiger partial charge on any atom is -0.354 e. The van der Waals surface area contributed by atoms with Crippen molar-refractivity contribution < 1.29 is 9.59 Å². The van der Waals surface area contributed by atoms with Crippen molar-refractivity contribution in [2.24, 2.45) is 0 Å². The van der Waals surface area contributed by atoms with Crippen molar-refractivity contribution in [3.63, 3.8) is 0 Å². The number of carbonyl (C=O) groups is 2. The maximum Gasteiger partial charge on any atom is 0.270 e. The predicted octanol–water partition coefficient (Wildman–Crippen LogP) is 3.77. The minimum absolute atomic E-state index is 0.000455. The summed E-state index contributed by atoms with van der Waals surface area (Å²) >= 11 is 0. The third-order valence-corrected chi connectivity index (χ3v) is 5.11. The number of ketones is 1. The Morgan fingerprint density at radius 3 is 2.50 bits per heavy atom. The standard InChI is InChI=1S/C20H24N2O2/c1-12-7-5-6-8-17(12)16-9-10-22(11-16)20(24)19-13(2)18(15(4)23)14(3)21-19/h5-8,16,21H,9-11H2,1-4H3. The lowest BCUT2D eigenvalue weighted by Gasteiger charge is -2.17. The first-order valence-electron chi connectivity index (χ1n) is 8.45. The van der Waals surface area contributed by atoms with Crippen LogP contribution in [-0.2, 0) is 0 Å². The second kappa shape index (κ2) is 6.27. The van der Waals surface area contributed by atoms with Gasteiger partial charge in [0.25, 0.3) is 5.91 Å². The van der Waals surface area contributed by atoms with Gasteiger partial charge in [-0.25, -0.2) is 0 Å². The summed E-state index contributed by atoms with van der Waals surface area (Å²) in [7, 11) is 0. The van der Waals surface area contributed by atoms with Crippen molar-refractivity contribution in [2.75, 3.05) is 13.1 Å². The molecule has 24 heavy (non-hydrogen) atoms. The fraction of sp³-hybridized carbons (Fsp3) is 0.400. The molecule has 1 fully saturated rings. The summed E-state index contributed by atoms with van der Waals surface area (Å²) < 4.78 is 0. The van der Waals surface area contributed by atoms with E-state index < -0.39 is 0 Å². The van der Waals surface area contributed by atoms with Gasteiger partial charge >= 0.3 is 0 Å². The van der Waals surface area contributed by atoms with Crippen LogP contribution >= 0.6 is 0 Å². The Balaban J connectivity index is 1.82. The zero-order valence-corrected chi connectivity index (χ0v) is 14.8. The van der Waals surface area contributed by atoms with E-state index in [4.69, 9.17) is 0 Å². The summed E-state index contributed by atoms with van der Waals surface area (Å²) in [4.78, 5) is 29.7. The predicted molar refractivity (Wildman–Crippen MR) is 94.7 cm³/mol. The molecular weight excluding hydrogens is 300 g/mol. The number of hydrogen-bond donors (Lipinski definition) is 1. The smallest absolute Gasteiger partial charge is 0.270 e. The maximum atomic E-state index is 12.9. The first kappa shape index (κ1) is 16.5. The number of aromatic amines is 1. The van der Waals surface area contributed by atoms with E-state index in [2.05, 4.69) is 30.1 Å². The van der Waals surface area contributed by atoms with Crippen molar-refractivity contribution in [3.05, 3.63) is 57.9 Å². The number of likely N-dealkylation sites (tertiary alicyclic amines) is 1. The van der Waals surface area contributed by atoms with E-state index in [9.17, 15) is 9.59 Å². The number of nitrogens with one attached hydrogen (secondary N) is 1. The quantitative estimate of drug-likeness (QED) is 0.874. The lowest BCUT2D eigenvalue weighted by Crippen LogP contribution is -2.29. The Labute approximate surface area is 142 Å². The molecule has 1 unspecified atom stereocenters. The van der Waals surface area contributed by atoms with Crippen LogP contribution in [0.2, 0.25) is 0 Å². The van der Waals surface area contributed by atoms with Gasteiger partial charge in [-0.05, 0) is 50.8 Å². The van der Waals surface area contributed by atoms with Crippen LogP contribution in [-0.4, -0.2) is 34.7 Å². The largest absolute Gasteiger partial charge is 0.354 e. The number of Topliss-reactive ketones (excluding diaryl/α,β-unsaturated/α-hetero) is 1. The summed E-state index contributed by atoms with van der Waals surface area (Å²) in [5.41, 5.74) is 5.36. The van der Waals surface area contributed by atoms with Crippen LogP contribution in [0, 0.1) is 20.8 Å². The van der Waals surface area contributed by atoms with Gasteiger partial charge in [-0.1, -0.05) is 24.3 Å². The number of carbonyl (C=O) groups excluding carboxylic acids is 2. The van der Waals surface area contributed by atoms with Crippen LogP contribution in [0.4, 0.5) is 0 Å². The third kappa shape index (κ3) is 2.77. The Hall–Kier alpha value is -2.36. The number of aryl methyl sites for hydroxylation is 2. The maximum absolute atomic E-state index is 12.9. The zero-order valence-electron chi connectivity index (χ0n) is 14.8. The van der Waals surface area contributed by atoms with E-state index in [0.29, 0.717) is 17.2 Å². The van der Waals surface area contributed by atoms with Crippen molar-refractivity contribution in [3.8, 4) is 0 Å². The van der Waals surface area contributed by atoms with Crippen LogP contribution < -0.4 is 0 Å². The highest BCUT2D eigenvalue weighted by atomic mass is 16.2. The van der Waals surface area contributed by atoms with Crippen LogP contribution in [0.15, 0.2) is 24.3 Å². The molecule has 1 saturated heterocycles. The van der Waals surface area contributed by atoms with Gasteiger partial charge in [-0.15, -0.1) is 0 Å². The van der Waals surface area contributed by atoms with E-state index in [0.717, 1.165) is 30.8 Å². The lowest BCUT2D eigenvalue weighted by atomic mass is 9.94. The molecule has 2 heterocycles. The fourth-order valence-corrected chi connectivity index (χ4v) is 3.89. The molecule has 126 valence electrons. The fourth-order valence-electron chi connectivity index (χ4n) is 3.89. The van der Waals surface area contributed by atoms with E-state index in [1.807, 2.05) is 24.8 Å². The van der Waals surface area contributed by atoms with E-state index >= 15 is 0 Å². The van der Waals surface area contributed by atoms with Gasteiger partial charge < -0.3 is 9.88 Å². The number of amides is 1. The number of rotatable bonds is 3. The molecule has 2 aromatic rings. The summed E-state index contributed by atoms with van der Waals surface area (Å²) in [6.07, 6.45) is 0.981. The molecule has 0 saturated carbocycles. The number of benzene rings is 1.